The van der Waals surface area contributed by atoms with E-state index in [4.69, 9.17) is 11.6 Å². The fraction of sp³-hybridized carbons (Fsp3) is 0.0833. The number of carbonyl (C=O) groups excluding carboxylic acids is 1. The van der Waals surface area contributed by atoms with Gasteiger partial charge in [-0.2, -0.15) is 0 Å². The predicted molar refractivity (Wildman–Crippen MR) is 131 cm³/mol. The highest BCUT2D eigenvalue weighted by molar-refractivity contribution is 7.92. The van der Waals surface area contributed by atoms with Crippen LogP contribution in [0.3, 0.4) is 0 Å². The highest BCUT2D eigenvalue weighted by Gasteiger charge is 2.25. The Hall–Kier alpha value is -3.34. The molecule has 11 heteroatoms. The van der Waals surface area contributed by atoms with Crippen LogP contribution in [0, 0.1) is 11.6 Å². The number of fused-ring (bicyclic) bond motifs is 1. The van der Waals surface area contributed by atoms with E-state index >= 15 is 0 Å². The summed E-state index contributed by atoms with van der Waals surface area (Å²) in [6, 6.07) is 13.2. The fourth-order valence-corrected chi connectivity index (χ4v) is 6.12. The summed E-state index contributed by atoms with van der Waals surface area (Å²) in [5.74, 6) is -2.11. The first-order valence-corrected chi connectivity index (χ1v) is 12.9. The summed E-state index contributed by atoms with van der Waals surface area (Å²) < 4.78 is 54.8. The summed E-state index contributed by atoms with van der Waals surface area (Å²) >= 11 is 7.56. The number of benzene rings is 2. The van der Waals surface area contributed by atoms with Crippen LogP contribution in [0.5, 0.6) is 0 Å². The van der Waals surface area contributed by atoms with Gasteiger partial charge in [0, 0.05) is 46.7 Å². The molecule has 0 radical (unpaired) electrons. The van der Waals surface area contributed by atoms with Gasteiger partial charge in [-0.15, -0.1) is 11.3 Å². The quantitative estimate of drug-likeness (QED) is 0.330. The number of hydrogen-bond acceptors (Lipinski definition) is 5. The van der Waals surface area contributed by atoms with E-state index in [1.54, 1.807) is 11.9 Å². The maximum atomic E-state index is 14.1. The monoisotopic (exact) mass is 531 g/mol. The SMILES string of the molecule is CN1Cc2cc(-c3ccc(-c4cnc(Cl)c(NS(=O)(=O)c5ccc(F)cc5F)c4)s3)ccc2C1=O. The molecule has 0 unspecified atom stereocenters. The summed E-state index contributed by atoms with van der Waals surface area (Å²) in [5.41, 5.74) is 3.17. The van der Waals surface area contributed by atoms with Gasteiger partial charge in [0.1, 0.15) is 16.5 Å². The molecule has 3 heterocycles. The fourth-order valence-electron chi connectivity index (χ4n) is 3.81. The number of aromatic nitrogens is 1. The molecule has 178 valence electrons. The minimum absolute atomic E-state index is 0.00107. The highest BCUT2D eigenvalue weighted by Crippen LogP contribution is 2.38. The lowest BCUT2D eigenvalue weighted by Crippen LogP contribution is -2.17. The molecule has 0 bridgehead atoms. The van der Waals surface area contributed by atoms with Crippen molar-refractivity contribution >= 4 is 44.6 Å². The molecule has 2 aromatic heterocycles. The largest absolute Gasteiger partial charge is 0.337 e. The number of carbonyl (C=O) groups is 1. The number of nitrogens with zero attached hydrogens (tertiary/aromatic N) is 2. The van der Waals surface area contributed by atoms with Crippen molar-refractivity contribution in [2.75, 3.05) is 11.8 Å². The van der Waals surface area contributed by atoms with Crippen molar-refractivity contribution < 1.29 is 22.0 Å². The van der Waals surface area contributed by atoms with Crippen LogP contribution in [-0.4, -0.2) is 31.3 Å². The van der Waals surface area contributed by atoms with Crippen molar-refractivity contribution in [3.63, 3.8) is 0 Å². The number of halogens is 3. The Morgan fingerprint density at radius 1 is 1.03 bits per heavy atom. The highest BCUT2D eigenvalue weighted by atomic mass is 35.5. The van der Waals surface area contributed by atoms with E-state index < -0.39 is 26.6 Å². The van der Waals surface area contributed by atoms with Crippen molar-refractivity contribution in [2.45, 2.75) is 11.4 Å². The minimum Gasteiger partial charge on any atom is -0.337 e. The zero-order chi connectivity index (χ0) is 24.9. The summed E-state index contributed by atoms with van der Waals surface area (Å²) in [4.78, 5) is 18.9. The second-order valence-electron chi connectivity index (χ2n) is 7.94. The van der Waals surface area contributed by atoms with Crippen LogP contribution < -0.4 is 4.72 Å². The van der Waals surface area contributed by atoms with Gasteiger partial charge < -0.3 is 4.90 Å². The van der Waals surface area contributed by atoms with Crippen LogP contribution in [0.1, 0.15) is 15.9 Å². The molecular weight excluding hydrogens is 516 g/mol. The molecule has 4 aromatic rings. The van der Waals surface area contributed by atoms with E-state index in [0.717, 1.165) is 33.0 Å². The van der Waals surface area contributed by atoms with Gasteiger partial charge >= 0.3 is 0 Å². The van der Waals surface area contributed by atoms with Crippen LogP contribution in [0.2, 0.25) is 5.15 Å². The van der Waals surface area contributed by atoms with Crippen molar-refractivity contribution in [1.82, 2.24) is 9.88 Å². The third kappa shape index (κ3) is 4.40. The zero-order valence-corrected chi connectivity index (χ0v) is 20.4. The molecule has 35 heavy (non-hydrogen) atoms. The number of anilines is 1. The lowest BCUT2D eigenvalue weighted by Gasteiger charge is -2.11. The zero-order valence-electron chi connectivity index (χ0n) is 18.1. The molecule has 0 aliphatic carbocycles. The number of thiophene rings is 1. The number of nitrogens with one attached hydrogen (secondary N) is 1. The lowest BCUT2D eigenvalue weighted by atomic mass is 10.1. The molecule has 1 aliphatic heterocycles. The van der Waals surface area contributed by atoms with Crippen molar-refractivity contribution in [2.24, 2.45) is 0 Å². The minimum atomic E-state index is -4.38. The second-order valence-corrected chi connectivity index (χ2v) is 11.0. The molecule has 6 nitrogen and oxygen atoms in total. The van der Waals surface area contributed by atoms with Gasteiger partial charge in [-0.3, -0.25) is 9.52 Å². The number of hydrogen-bond donors (Lipinski definition) is 1. The van der Waals surface area contributed by atoms with E-state index in [9.17, 15) is 22.0 Å². The number of sulfonamides is 1. The molecule has 0 atom stereocenters. The Labute approximate surface area is 208 Å². The van der Waals surface area contributed by atoms with Gasteiger partial charge in [-0.05, 0) is 53.6 Å². The summed E-state index contributed by atoms with van der Waals surface area (Å²) in [6.45, 7) is 0.555. The molecule has 1 amide bonds. The van der Waals surface area contributed by atoms with E-state index in [1.165, 1.54) is 23.6 Å². The van der Waals surface area contributed by atoms with Crippen LogP contribution in [0.25, 0.3) is 20.9 Å². The van der Waals surface area contributed by atoms with Gasteiger partial charge in [0.05, 0.1) is 5.69 Å². The van der Waals surface area contributed by atoms with Gasteiger partial charge in [0.15, 0.2) is 5.15 Å². The summed E-state index contributed by atoms with van der Waals surface area (Å²) in [7, 11) is -2.62. The van der Waals surface area contributed by atoms with E-state index in [1.807, 2.05) is 30.3 Å². The van der Waals surface area contributed by atoms with Crippen LogP contribution in [0.15, 0.2) is 65.7 Å². The lowest BCUT2D eigenvalue weighted by molar-refractivity contribution is 0.0816. The third-order valence-corrected chi connectivity index (χ3v) is 8.42. The Kier molecular flexibility index (Phi) is 5.82. The predicted octanol–water partition coefficient (Wildman–Crippen LogP) is 5.80. The second kappa shape index (κ2) is 8.71. The van der Waals surface area contributed by atoms with Crippen LogP contribution in [-0.2, 0) is 16.6 Å². The van der Waals surface area contributed by atoms with Crippen molar-refractivity contribution in [1.29, 1.82) is 0 Å². The maximum Gasteiger partial charge on any atom is 0.264 e. The molecule has 0 fully saturated rings. The summed E-state index contributed by atoms with van der Waals surface area (Å²) in [5, 5.41) is -0.121. The molecule has 0 spiro atoms. The average molecular weight is 532 g/mol. The maximum absolute atomic E-state index is 14.1. The first kappa shape index (κ1) is 23.4. The number of pyridine rings is 1. The molecule has 2 aromatic carbocycles. The smallest absolute Gasteiger partial charge is 0.264 e. The Morgan fingerprint density at radius 3 is 2.51 bits per heavy atom. The molecule has 1 aliphatic rings. The average Bonchev–Trinajstić information content (AvgIpc) is 3.40. The van der Waals surface area contributed by atoms with Crippen LogP contribution >= 0.6 is 22.9 Å². The first-order chi connectivity index (χ1) is 16.6. The van der Waals surface area contributed by atoms with Crippen molar-refractivity contribution in [3.8, 4) is 20.9 Å². The van der Waals surface area contributed by atoms with E-state index in [0.29, 0.717) is 23.7 Å². The molecule has 0 saturated heterocycles. The Morgan fingerprint density at radius 2 is 1.77 bits per heavy atom. The molecule has 5 rings (SSSR count). The molecular formula is C24H16ClF2N3O3S2. The Balaban J connectivity index is 1.44. The topological polar surface area (TPSA) is 79.4 Å². The van der Waals surface area contributed by atoms with Crippen molar-refractivity contribution in [3.05, 3.63) is 88.7 Å². The first-order valence-electron chi connectivity index (χ1n) is 10.2. The van der Waals surface area contributed by atoms with Gasteiger partial charge in [0.25, 0.3) is 15.9 Å². The number of rotatable bonds is 5. The van der Waals surface area contributed by atoms with Crippen LogP contribution in [0.4, 0.5) is 14.5 Å². The van der Waals surface area contributed by atoms with Gasteiger partial charge in [-0.25, -0.2) is 22.2 Å². The van der Waals surface area contributed by atoms with E-state index in [2.05, 4.69) is 9.71 Å². The van der Waals surface area contributed by atoms with Gasteiger partial charge in [-0.1, -0.05) is 17.7 Å². The summed E-state index contributed by atoms with van der Waals surface area (Å²) in [6.07, 6.45) is 1.50. The van der Waals surface area contributed by atoms with E-state index in [-0.39, 0.29) is 16.7 Å². The molecule has 0 saturated carbocycles. The normalized spacial score (nSPS) is 13.3. The molecule has 1 N–H and O–H groups in total. The van der Waals surface area contributed by atoms with Gasteiger partial charge in [0.2, 0.25) is 0 Å². The third-order valence-electron chi connectivity index (χ3n) is 5.53. The number of amides is 1. The standard InChI is InChI=1S/C24H16ClF2N3O3S2/c1-30-12-15-8-13(2-4-17(15)24(30)31)20-5-6-21(34-20)14-9-19(23(25)28-11-14)29-35(32,33)22-7-3-16(26)10-18(22)27/h2-11,29H,12H2,1H3. The Bertz CT molecular complexity index is 1610.